The Morgan fingerprint density at radius 2 is 2.00 bits per heavy atom. The Balaban J connectivity index is 2.87. The number of hydrogen-bond donors (Lipinski definition) is 1. The van der Waals surface area contributed by atoms with Crippen LogP contribution in [-0.4, -0.2) is 0 Å². The van der Waals surface area contributed by atoms with Crippen molar-refractivity contribution in [2.75, 3.05) is 5.01 Å². The molecule has 1 aromatic carbocycles. The average Bonchev–Trinajstić information content (AvgIpc) is 2.15. The number of rotatable bonds is 3. The highest BCUT2D eigenvalue weighted by atomic mass is 15.5. The SMILES string of the molecule is CC=CN(N=N)c1ccccc1. The highest BCUT2D eigenvalue weighted by Gasteiger charge is 1.96. The third-order valence-corrected chi connectivity index (χ3v) is 1.42. The summed E-state index contributed by atoms with van der Waals surface area (Å²) in [5, 5.41) is 4.84. The maximum absolute atomic E-state index is 6.90. The molecule has 0 saturated heterocycles. The zero-order chi connectivity index (χ0) is 8.81. The van der Waals surface area contributed by atoms with Crippen molar-refractivity contribution in [3.05, 3.63) is 42.6 Å². The summed E-state index contributed by atoms with van der Waals surface area (Å²) in [4.78, 5) is 0. The summed E-state index contributed by atoms with van der Waals surface area (Å²) < 4.78 is 0. The van der Waals surface area contributed by atoms with Gasteiger partial charge in [-0.1, -0.05) is 29.5 Å². The normalized spacial score (nSPS) is 10.1. The predicted molar refractivity (Wildman–Crippen MR) is 48.9 cm³/mol. The van der Waals surface area contributed by atoms with Gasteiger partial charge in [0.15, 0.2) is 0 Å². The van der Waals surface area contributed by atoms with Crippen LogP contribution in [0.25, 0.3) is 0 Å². The van der Waals surface area contributed by atoms with Gasteiger partial charge in [0, 0.05) is 6.20 Å². The van der Waals surface area contributed by atoms with Gasteiger partial charge in [-0.05, 0) is 19.1 Å². The molecule has 12 heavy (non-hydrogen) atoms. The molecule has 0 fully saturated rings. The first kappa shape index (κ1) is 8.46. The van der Waals surface area contributed by atoms with Crippen molar-refractivity contribution >= 4 is 5.69 Å². The molecule has 0 aromatic heterocycles. The number of para-hydroxylation sites is 1. The van der Waals surface area contributed by atoms with Crippen molar-refractivity contribution in [1.29, 1.82) is 5.53 Å². The van der Waals surface area contributed by atoms with Crippen molar-refractivity contribution in [1.82, 2.24) is 0 Å². The molecule has 1 aromatic rings. The Labute approximate surface area is 71.8 Å². The van der Waals surface area contributed by atoms with Crippen molar-refractivity contribution in [3.8, 4) is 0 Å². The fourth-order valence-corrected chi connectivity index (χ4v) is 0.899. The van der Waals surface area contributed by atoms with E-state index in [9.17, 15) is 0 Å². The number of allylic oxidation sites excluding steroid dienone is 1. The number of benzene rings is 1. The second kappa shape index (κ2) is 4.28. The minimum Gasteiger partial charge on any atom is -0.223 e. The monoisotopic (exact) mass is 161 g/mol. The third kappa shape index (κ3) is 1.92. The number of hydrogen-bond acceptors (Lipinski definition) is 2. The van der Waals surface area contributed by atoms with Gasteiger partial charge < -0.3 is 0 Å². The topological polar surface area (TPSA) is 39.5 Å². The molecule has 1 N–H and O–H groups in total. The van der Waals surface area contributed by atoms with Crippen molar-refractivity contribution in [3.63, 3.8) is 0 Å². The molecule has 3 nitrogen and oxygen atoms in total. The van der Waals surface area contributed by atoms with Gasteiger partial charge in [0.1, 0.15) is 0 Å². The standard InChI is InChI=1S/C9H11N3/c1-2-8-12(11-10)9-6-4-3-5-7-9/h2-8,10H,1H3. The van der Waals surface area contributed by atoms with Crippen molar-refractivity contribution in [2.24, 2.45) is 5.22 Å². The molecule has 1 rings (SSSR count). The van der Waals surface area contributed by atoms with Gasteiger partial charge >= 0.3 is 0 Å². The molecule has 3 heteroatoms. The first-order valence-electron chi connectivity index (χ1n) is 3.73. The Kier molecular flexibility index (Phi) is 3.02. The molecule has 0 spiro atoms. The van der Waals surface area contributed by atoms with Gasteiger partial charge in [-0.3, -0.25) is 0 Å². The van der Waals surface area contributed by atoms with E-state index in [1.54, 1.807) is 6.20 Å². The van der Waals surface area contributed by atoms with Crippen LogP contribution in [0.5, 0.6) is 0 Å². The summed E-state index contributed by atoms with van der Waals surface area (Å²) in [6.07, 6.45) is 3.58. The van der Waals surface area contributed by atoms with Gasteiger partial charge in [0.2, 0.25) is 0 Å². The van der Waals surface area contributed by atoms with E-state index in [2.05, 4.69) is 5.22 Å². The van der Waals surface area contributed by atoms with E-state index < -0.39 is 0 Å². The highest BCUT2D eigenvalue weighted by molar-refractivity contribution is 5.47. The molecule has 0 unspecified atom stereocenters. The minimum absolute atomic E-state index is 0.894. The van der Waals surface area contributed by atoms with E-state index in [0.717, 1.165) is 5.69 Å². The van der Waals surface area contributed by atoms with Crippen molar-refractivity contribution in [2.45, 2.75) is 6.92 Å². The zero-order valence-electron chi connectivity index (χ0n) is 6.94. The van der Waals surface area contributed by atoms with Crippen LogP contribution in [0.4, 0.5) is 5.69 Å². The Morgan fingerprint density at radius 3 is 2.50 bits per heavy atom. The van der Waals surface area contributed by atoms with Gasteiger partial charge in [-0.2, -0.15) is 5.53 Å². The summed E-state index contributed by atoms with van der Waals surface area (Å²) in [6, 6.07) is 9.56. The van der Waals surface area contributed by atoms with E-state index in [0.29, 0.717) is 0 Å². The molecule has 0 atom stereocenters. The van der Waals surface area contributed by atoms with Crippen molar-refractivity contribution < 1.29 is 0 Å². The van der Waals surface area contributed by atoms with Crippen LogP contribution in [0.1, 0.15) is 6.92 Å². The fraction of sp³-hybridized carbons (Fsp3) is 0.111. The maximum atomic E-state index is 6.90. The van der Waals surface area contributed by atoms with Crippen LogP contribution >= 0.6 is 0 Å². The van der Waals surface area contributed by atoms with Gasteiger partial charge in [0.05, 0.1) is 5.69 Å². The lowest BCUT2D eigenvalue weighted by atomic mass is 10.3. The first-order chi connectivity index (χ1) is 5.88. The molecular weight excluding hydrogens is 150 g/mol. The Morgan fingerprint density at radius 1 is 1.33 bits per heavy atom. The smallest absolute Gasteiger partial charge is 0.0662 e. The van der Waals surface area contributed by atoms with Gasteiger partial charge in [0.25, 0.3) is 0 Å². The van der Waals surface area contributed by atoms with Crippen LogP contribution in [0.3, 0.4) is 0 Å². The van der Waals surface area contributed by atoms with Crippen LogP contribution < -0.4 is 5.01 Å². The Hall–Kier alpha value is -1.64. The molecule has 0 amide bonds. The highest BCUT2D eigenvalue weighted by Crippen LogP contribution is 2.13. The van der Waals surface area contributed by atoms with Crippen LogP contribution in [0, 0.1) is 5.53 Å². The number of anilines is 1. The minimum atomic E-state index is 0.894. The van der Waals surface area contributed by atoms with E-state index in [1.807, 2.05) is 43.3 Å². The van der Waals surface area contributed by atoms with E-state index in [-0.39, 0.29) is 0 Å². The van der Waals surface area contributed by atoms with Gasteiger partial charge in [-0.15, -0.1) is 0 Å². The predicted octanol–water partition coefficient (Wildman–Crippen LogP) is 2.97. The molecule has 0 heterocycles. The molecule has 0 radical (unpaired) electrons. The zero-order valence-corrected chi connectivity index (χ0v) is 6.94. The summed E-state index contributed by atoms with van der Waals surface area (Å²) in [6.45, 7) is 1.89. The molecule has 0 aliphatic carbocycles. The Bertz CT molecular complexity index is 266. The molecule has 62 valence electrons. The summed E-state index contributed by atoms with van der Waals surface area (Å²) in [5.74, 6) is 0. The first-order valence-corrected chi connectivity index (χ1v) is 3.73. The van der Waals surface area contributed by atoms with Crippen LogP contribution in [0.2, 0.25) is 0 Å². The lowest BCUT2D eigenvalue weighted by Crippen LogP contribution is -2.04. The number of nitrogens with zero attached hydrogens (tertiary/aromatic N) is 2. The van der Waals surface area contributed by atoms with E-state index in [4.69, 9.17) is 5.53 Å². The van der Waals surface area contributed by atoms with E-state index >= 15 is 0 Å². The summed E-state index contributed by atoms with van der Waals surface area (Å²) in [7, 11) is 0. The molecule has 0 bridgehead atoms. The fourth-order valence-electron chi connectivity index (χ4n) is 0.899. The lowest BCUT2D eigenvalue weighted by Gasteiger charge is -2.10. The van der Waals surface area contributed by atoms with E-state index in [1.165, 1.54) is 5.01 Å². The lowest BCUT2D eigenvalue weighted by molar-refractivity contribution is 0.913. The van der Waals surface area contributed by atoms with Gasteiger partial charge in [-0.25, -0.2) is 5.01 Å². The molecular formula is C9H11N3. The van der Waals surface area contributed by atoms with Crippen LogP contribution in [0.15, 0.2) is 47.8 Å². The second-order valence-electron chi connectivity index (χ2n) is 2.26. The maximum Gasteiger partial charge on any atom is 0.0662 e. The van der Waals surface area contributed by atoms with Crippen LogP contribution in [-0.2, 0) is 0 Å². The second-order valence-corrected chi connectivity index (χ2v) is 2.26. The average molecular weight is 161 g/mol. The summed E-state index contributed by atoms with van der Waals surface area (Å²) >= 11 is 0. The number of nitrogens with one attached hydrogen (secondary N) is 1. The molecule has 0 aliphatic heterocycles. The largest absolute Gasteiger partial charge is 0.223 e. The quantitative estimate of drug-likeness (QED) is 0.537. The summed E-state index contributed by atoms with van der Waals surface area (Å²) in [5.41, 5.74) is 7.79. The third-order valence-electron chi connectivity index (χ3n) is 1.42. The molecule has 0 saturated carbocycles. The molecule has 0 aliphatic rings.